The molecule has 0 radical (unpaired) electrons. The van der Waals surface area contributed by atoms with E-state index in [0.717, 1.165) is 105 Å². The van der Waals surface area contributed by atoms with Gasteiger partial charge in [0.2, 0.25) is 5.15 Å². The number of methoxy groups -OCH3 is 4. The number of ether oxygens (including phenoxy) is 4. The number of hydrogen-bond acceptors (Lipinski definition) is 18. The van der Waals surface area contributed by atoms with Crippen molar-refractivity contribution in [2.75, 3.05) is 28.4 Å². The van der Waals surface area contributed by atoms with Crippen LogP contribution in [0, 0.1) is 45.1 Å². The number of esters is 2. The smallest absolute Gasteiger partial charge is 0.494 e. The van der Waals surface area contributed by atoms with E-state index in [1.807, 2.05) is 105 Å². The van der Waals surface area contributed by atoms with Gasteiger partial charge in [-0.25, -0.2) is 24.5 Å². The van der Waals surface area contributed by atoms with Gasteiger partial charge in [0.1, 0.15) is 45.1 Å². The van der Waals surface area contributed by atoms with Crippen molar-refractivity contribution in [3.8, 4) is 45.0 Å². The molecule has 2 N–H and O–H groups in total. The first-order valence-electron chi connectivity index (χ1n) is 29.4. The van der Waals surface area contributed by atoms with Crippen molar-refractivity contribution in [2.45, 2.75) is 126 Å². The van der Waals surface area contributed by atoms with Gasteiger partial charge < -0.3 is 42.3 Å². The number of halogens is 1. The fourth-order valence-electron chi connectivity index (χ4n) is 10.4. The molecule has 0 bridgehead atoms. The molecule has 514 valence electrons. The topological polar surface area (TPSA) is 223 Å². The standard InChI is InChI=1S/C29H30N4O4.C18H27BO4.C17H13ClN4O2.S13/c1-14-24(15(2)37-33-14)21-12-22-20(13-23(21)35-7)25-26(30-16(3)31-27(25)32-22)17-9-18(28(34)36-8)11-19(10-17)29(4,5)6;1-16(2,3)13-9-12(15(20)21-8)10-14(11-13)19-22-17(4,5)18(6,7)23-19;1-7-14(8(2)24-22-7)11-5-12-10(6-13(11)23-4)15-16(18)19-9(3)20-17(15)21-12;1-3-5-7-9-11-13-12-10-8-6-4-2/h9-13H,1-8H3,(H,30,31,32);9-11H,1-8H3;5-6H,3H2,1-2,4H3;/p+1. The van der Waals surface area contributed by atoms with Crippen LogP contribution in [0.1, 0.15) is 130 Å². The Morgan fingerprint density at radius 1 is 0.639 bits per heavy atom. The van der Waals surface area contributed by atoms with Crippen LogP contribution in [-0.4, -0.2) is 88.9 Å². The second-order valence-corrected chi connectivity index (χ2v) is 44.6. The molecule has 33 heteroatoms. The highest BCUT2D eigenvalue weighted by Gasteiger charge is 2.52. The van der Waals surface area contributed by atoms with Gasteiger partial charge in [0.05, 0.1) is 84.4 Å². The maximum atomic E-state index is 12.6. The summed E-state index contributed by atoms with van der Waals surface area (Å²) in [5.41, 5.74) is 11.5. The number of H-pyrrole nitrogens is 2. The van der Waals surface area contributed by atoms with Gasteiger partial charge >= 0.3 is 19.1 Å². The zero-order valence-corrected chi connectivity index (χ0v) is 67.9. The molecule has 2 aliphatic rings. The van der Waals surface area contributed by atoms with Crippen molar-refractivity contribution in [1.29, 1.82) is 0 Å². The van der Waals surface area contributed by atoms with E-state index in [2.05, 4.69) is 90.5 Å². The van der Waals surface area contributed by atoms with Crippen LogP contribution < -0.4 is 30.8 Å². The van der Waals surface area contributed by atoms with E-state index in [4.69, 9.17) is 81.2 Å². The highest BCUT2D eigenvalue weighted by atomic mass is 35.5. The number of rotatable bonds is 8. The summed E-state index contributed by atoms with van der Waals surface area (Å²) in [7, 11) is 23.7. The molecule has 11 rings (SSSR count). The first kappa shape index (κ1) is 77.3. The maximum absolute atomic E-state index is 12.6. The predicted octanol–water partition coefficient (Wildman–Crippen LogP) is 11.3. The number of carbonyl (C=O) groups is 2. The molecule has 0 aliphatic carbocycles. The Labute approximate surface area is 608 Å². The van der Waals surface area contributed by atoms with Crippen molar-refractivity contribution in [1.82, 2.24) is 30.2 Å². The summed E-state index contributed by atoms with van der Waals surface area (Å²) in [6.07, 6.45) is 0. The summed E-state index contributed by atoms with van der Waals surface area (Å²) in [4.78, 5) is 49.4. The van der Waals surface area contributed by atoms with Gasteiger partial charge in [-0.1, -0.05) is 62.9 Å². The third kappa shape index (κ3) is 18.2. The highest BCUT2D eigenvalue weighted by molar-refractivity contribution is 8.75. The molecule has 7 heterocycles. The van der Waals surface area contributed by atoms with E-state index >= 15 is 0 Å². The summed E-state index contributed by atoms with van der Waals surface area (Å²) in [5.74, 6) is 3.35. The number of aryl methyl sites for hydroxylation is 5. The van der Waals surface area contributed by atoms with Crippen molar-refractivity contribution in [3.63, 3.8) is 0 Å². The molecule has 5 aromatic heterocycles. The highest BCUT2D eigenvalue weighted by Crippen LogP contribution is 2.43. The fraction of sp³-hybridized carbons (Fsp3) is 0.359. The molecular formula is C64H71BClN8O10S13+. The Morgan fingerprint density at radius 2 is 1.13 bits per heavy atom. The Balaban J connectivity index is 0.000000176. The Hall–Kier alpha value is -5.40. The van der Waals surface area contributed by atoms with Gasteiger partial charge in [-0.3, -0.25) is 0 Å². The van der Waals surface area contributed by atoms with E-state index in [0.29, 0.717) is 50.5 Å². The average molecular weight is 1580 g/mol. The number of aromatic nitrogens is 7. The summed E-state index contributed by atoms with van der Waals surface area (Å²) in [5, 5.41) is 12.7. The number of hydrogen-bond donors (Lipinski definition) is 1. The van der Waals surface area contributed by atoms with E-state index in [-0.39, 0.29) is 22.8 Å². The molecule has 97 heavy (non-hydrogen) atoms. The van der Waals surface area contributed by atoms with Gasteiger partial charge in [-0.15, -0.1) is 4.99 Å². The zero-order valence-electron chi connectivity index (χ0n) is 56.5. The van der Waals surface area contributed by atoms with Crippen molar-refractivity contribution in [3.05, 3.63) is 138 Å². The second-order valence-electron chi connectivity index (χ2n) is 24.8. The third-order valence-corrected chi connectivity index (χ3v) is 38.3. The Kier molecular flexibility index (Phi) is 26.3. The van der Waals surface area contributed by atoms with Gasteiger partial charge in [-0.05, 0) is 163 Å². The van der Waals surface area contributed by atoms with Gasteiger partial charge in [-0.2, -0.15) is 0 Å². The minimum atomic E-state index is -0.495. The first-order chi connectivity index (χ1) is 45.8. The van der Waals surface area contributed by atoms with E-state index in [1.54, 1.807) is 100 Å². The van der Waals surface area contributed by atoms with Crippen molar-refractivity contribution < 1.29 is 51.9 Å². The van der Waals surface area contributed by atoms with Gasteiger partial charge in [0.15, 0.2) is 0 Å². The molecular weight excluding hydrogens is 1500 g/mol. The number of nitrogens with zero attached hydrogens (tertiary/aromatic N) is 6. The van der Waals surface area contributed by atoms with Crippen LogP contribution in [-0.2, 0) is 150 Å². The molecule has 0 saturated carbocycles. The lowest BCUT2D eigenvalue weighted by atomic mass is 9.74. The molecule has 0 amide bonds. The SMILES string of the molecule is C=c1nc(Cl)c2c([nH+]1)N=c1cc(-c3c(C)noc3C)c(OC)cc1=2.COC(=O)c1cc(-c2nc(C)nc3[nH]c4cc(-c5c(C)noc5C)c(OC)cc4c23)cc(C(C)(C)C)c1.COC(=O)c1cc(B2OC(C)(C)C(C)(C)O2)cc(C(C)(C)C)c1.S=S=S=S=S=S=S=S=S=S=S=S=S. The molecule has 18 nitrogen and oxygen atoms in total. The van der Waals surface area contributed by atoms with E-state index < -0.39 is 18.3 Å². The largest absolute Gasteiger partial charge is 0.496 e. The molecule has 0 atom stereocenters. The molecule has 1 saturated heterocycles. The Bertz CT molecular complexity index is 5290. The molecule has 0 unspecified atom stereocenters. The first-order valence-corrected chi connectivity index (χ1v) is 45.7. The van der Waals surface area contributed by atoms with Crippen LogP contribution in [0.4, 0.5) is 5.82 Å². The predicted molar refractivity (Wildman–Crippen MR) is 418 cm³/mol. The number of fused-ring (bicyclic) bond motifs is 5. The van der Waals surface area contributed by atoms with E-state index in [1.165, 1.54) is 32.0 Å². The van der Waals surface area contributed by atoms with Gasteiger partial charge in [0, 0.05) is 153 Å². The van der Waals surface area contributed by atoms with Crippen molar-refractivity contribution >= 4 is 191 Å². The number of aromatic amines is 2. The molecule has 2 aliphatic heterocycles. The van der Waals surface area contributed by atoms with Gasteiger partial charge in [0.25, 0.3) is 11.3 Å². The monoisotopic (exact) mass is 1570 g/mol. The number of carbonyl (C=O) groups excluding carboxylic acids is 2. The number of nitrogens with one attached hydrogen (secondary N) is 2. The molecule has 0 spiro atoms. The van der Waals surface area contributed by atoms with Crippen molar-refractivity contribution in [2.24, 2.45) is 4.99 Å². The lowest BCUT2D eigenvalue weighted by molar-refractivity contribution is -0.385. The summed E-state index contributed by atoms with van der Waals surface area (Å²) in [6, 6.07) is 19.4. The lowest BCUT2D eigenvalue weighted by Gasteiger charge is -2.32. The van der Waals surface area contributed by atoms with Crippen LogP contribution in [0.3, 0.4) is 0 Å². The summed E-state index contributed by atoms with van der Waals surface area (Å²) in [6.45, 7) is 33.9. The molecule has 4 aromatic carbocycles. The maximum Gasteiger partial charge on any atom is 0.494 e. The summed E-state index contributed by atoms with van der Waals surface area (Å²) < 4.78 is 44.3. The second kappa shape index (κ2) is 32.9. The van der Waals surface area contributed by atoms with Crippen LogP contribution in [0.15, 0.2) is 74.7 Å². The summed E-state index contributed by atoms with van der Waals surface area (Å²) >= 11 is 15.7. The quantitative estimate of drug-likeness (QED) is 0.0848. The van der Waals surface area contributed by atoms with Crippen LogP contribution in [0.2, 0.25) is 5.15 Å². The van der Waals surface area contributed by atoms with E-state index in [9.17, 15) is 9.59 Å². The minimum absolute atomic E-state index is 0.0948. The van der Waals surface area contributed by atoms with Crippen LogP contribution in [0.5, 0.6) is 11.5 Å². The molecule has 1 fully saturated rings. The normalized spacial score (nSPS) is 13.1. The number of benzene rings is 4. The van der Waals surface area contributed by atoms with Crippen LogP contribution in [0.25, 0.3) is 62.0 Å². The van der Waals surface area contributed by atoms with Crippen LogP contribution >= 0.6 is 11.6 Å². The zero-order chi connectivity index (χ0) is 71.1. The minimum Gasteiger partial charge on any atom is -0.496 e. The Morgan fingerprint density at radius 3 is 1.62 bits per heavy atom. The average Bonchev–Trinajstić information content (AvgIpc) is 1.63. The fourth-order valence-corrected chi connectivity index (χ4v) is 35.4. The lowest BCUT2D eigenvalue weighted by Crippen LogP contribution is -2.41. The molecule has 9 aromatic rings. The third-order valence-electron chi connectivity index (χ3n) is 15.8.